The molecule has 3 rings (SSSR count). The Balaban J connectivity index is 1.71. The normalized spacial score (nSPS) is 11.0. The number of nitrogens with zero attached hydrogens (tertiary/aromatic N) is 5. The highest BCUT2D eigenvalue weighted by Gasteiger charge is 2.22. The van der Waals surface area contributed by atoms with Gasteiger partial charge in [-0.15, -0.1) is 0 Å². The van der Waals surface area contributed by atoms with Crippen molar-refractivity contribution in [3.05, 3.63) is 63.2 Å². The molecule has 2 aromatic heterocycles. The number of ether oxygens (including phenoxy) is 1. The summed E-state index contributed by atoms with van der Waals surface area (Å²) in [5.41, 5.74) is 1.67. The lowest BCUT2D eigenvalue weighted by Crippen LogP contribution is -2.16. The van der Waals surface area contributed by atoms with Gasteiger partial charge in [0.2, 0.25) is 0 Å². The van der Waals surface area contributed by atoms with Crippen molar-refractivity contribution in [2.75, 3.05) is 5.32 Å². The van der Waals surface area contributed by atoms with Gasteiger partial charge in [0.15, 0.2) is 5.69 Å². The van der Waals surface area contributed by atoms with Gasteiger partial charge in [-0.05, 0) is 50.6 Å². The minimum Gasteiger partial charge on any atom is -0.435 e. The summed E-state index contributed by atoms with van der Waals surface area (Å²) in [6.45, 7) is 1.93. The van der Waals surface area contributed by atoms with Crippen LogP contribution >= 0.6 is 0 Å². The van der Waals surface area contributed by atoms with Crippen LogP contribution in [0.25, 0.3) is 0 Å². The van der Waals surface area contributed by atoms with Crippen LogP contribution in [0.2, 0.25) is 0 Å². The van der Waals surface area contributed by atoms with Crippen molar-refractivity contribution in [2.45, 2.75) is 34.1 Å². The number of nitro groups is 1. The maximum Gasteiger partial charge on any atom is 0.387 e. The van der Waals surface area contributed by atoms with Crippen LogP contribution in [0.15, 0.2) is 30.5 Å². The van der Waals surface area contributed by atoms with Gasteiger partial charge in [-0.3, -0.25) is 19.6 Å². The third kappa shape index (κ3) is 4.42. The number of alkyl halides is 2. The average molecular weight is 420 g/mol. The van der Waals surface area contributed by atoms with Crippen molar-refractivity contribution < 1.29 is 23.2 Å². The summed E-state index contributed by atoms with van der Waals surface area (Å²) in [6.07, 6.45) is 1.55. The van der Waals surface area contributed by atoms with Crippen molar-refractivity contribution in [1.82, 2.24) is 19.6 Å². The van der Waals surface area contributed by atoms with E-state index >= 15 is 0 Å². The van der Waals surface area contributed by atoms with Gasteiger partial charge in [0.1, 0.15) is 23.8 Å². The molecule has 158 valence electrons. The first-order valence-electron chi connectivity index (χ1n) is 8.74. The first kappa shape index (κ1) is 20.9. The molecule has 0 radical (unpaired) electrons. The number of carbonyl (C=O) groups excluding carboxylic acids is 1. The summed E-state index contributed by atoms with van der Waals surface area (Å²) in [5.74, 6) is -0.512. The molecule has 10 nitrogen and oxygen atoms in total. The molecule has 0 fully saturated rings. The van der Waals surface area contributed by atoms with Crippen LogP contribution in [-0.2, 0) is 6.67 Å². The van der Waals surface area contributed by atoms with Gasteiger partial charge in [-0.1, -0.05) is 0 Å². The highest BCUT2D eigenvalue weighted by atomic mass is 19.3. The lowest BCUT2D eigenvalue weighted by Gasteiger charge is -2.10. The Labute approximate surface area is 169 Å². The maximum atomic E-state index is 12.5. The molecule has 3 aromatic rings. The third-order valence-electron chi connectivity index (χ3n) is 4.35. The molecule has 0 atom stereocenters. The monoisotopic (exact) mass is 420 g/mol. The third-order valence-corrected chi connectivity index (χ3v) is 4.35. The first-order chi connectivity index (χ1) is 14.2. The molecule has 0 saturated carbocycles. The van der Waals surface area contributed by atoms with Gasteiger partial charge in [0, 0.05) is 11.9 Å². The van der Waals surface area contributed by atoms with Crippen LogP contribution < -0.4 is 10.1 Å². The molecule has 2 heterocycles. The molecule has 0 spiro atoms. The molecule has 12 heteroatoms. The van der Waals surface area contributed by atoms with Crippen LogP contribution in [0.3, 0.4) is 0 Å². The zero-order valence-corrected chi connectivity index (χ0v) is 16.3. The van der Waals surface area contributed by atoms with E-state index in [4.69, 9.17) is 0 Å². The van der Waals surface area contributed by atoms with E-state index in [0.717, 1.165) is 0 Å². The van der Waals surface area contributed by atoms with Gasteiger partial charge in [-0.2, -0.15) is 19.0 Å². The Morgan fingerprint density at radius 2 is 2.00 bits per heavy atom. The number of hydrogen-bond acceptors (Lipinski definition) is 6. The van der Waals surface area contributed by atoms with Crippen molar-refractivity contribution in [2.24, 2.45) is 0 Å². The van der Waals surface area contributed by atoms with E-state index in [1.165, 1.54) is 33.6 Å². The Morgan fingerprint density at radius 1 is 1.27 bits per heavy atom. The first-order valence-corrected chi connectivity index (χ1v) is 8.74. The summed E-state index contributed by atoms with van der Waals surface area (Å²) in [6, 6.07) is 5.65. The number of halogens is 2. The zero-order valence-electron chi connectivity index (χ0n) is 16.3. The summed E-state index contributed by atoms with van der Waals surface area (Å²) in [5, 5.41) is 22.1. The Bertz CT molecular complexity index is 1110. The van der Waals surface area contributed by atoms with Crippen molar-refractivity contribution in [3.8, 4) is 5.75 Å². The number of anilines is 1. The van der Waals surface area contributed by atoms with E-state index in [-0.39, 0.29) is 29.5 Å². The van der Waals surface area contributed by atoms with E-state index in [0.29, 0.717) is 16.9 Å². The van der Waals surface area contributed by atoms with E-state index in [1.54, 1.807) is 27.0 Å². The Kier molecular flexibility index (Phi) is 5.76. The molecule has 0 aliphatic carbocycles. The maximum absolute atomic E-state index is 12.5. The van der Waals surface area contributed by atoms with Crippen LogP contribution in [0.1, 0.15) is 27.4 Å². The smallest absolute Gasteiger partial charge is 0.387 e. The lowest BCUT2D eigenvalue weighted by atomic mass is 10.2. The fourth-order valence-corrected chi connectivity index (χ4v) is 2.93. The van der Waals surface area contributed by atoms with Crippen LogP contribution in [0, 0.1) is 30.9 Å². The van der Waals surface area contributed by atoms with Crippen LogP contribution in [-0.4, -0.2) is 37.0 Å². The minimum absolute atomic E-state index is 0.0104. The average Bonchev–Trinajstić information content (AvgIpc) is 3.21. The van der Waals surface area contributed by atoms with E-state index in [1.807, 2.05) is 0 Å². The van der Waals surface area contributed by atoms with E-state index in [9.17, 15) is 23.7 Å². The van der Waals surface area contributed by atoms with Crippen LogP contribution in [0.5, 0.6) is 5.75 Å². The molecule has 0 bridgehead atoms. The van der Waals surface area contributed by atoms with Gasteiger partial charge in [0.25, 0.3) is 5.91 Å². The second kappa shape index (κ2) is 8.27. The zero-order chi connectivity index (χ0) is 22.0. The number of amides is 1. The Hall–Kier alpha value is -3.83. The molecule has 30 heavy (non-hydrogen) atoms. The van der Waals surface area contributed by atoms with E-state index < -0.39 is 17.4 Å². The molecule has 0 aliphatic heterocycles. The van der Waals surface area contributed by atoms with Gasteiger partial charge in [0.05, 0.1) is 4.92 Å². The highest BCUT2D eigenvalue weighted by Crippen LogP contribution is 2.24. The summed E-state index contributed by atoms with van der Waals surface area (Å²) in [7, 11) is 0. The number of carbonyl (C=O) groups is 1. The summed E-state index contributed by atoms with van der Waals surface area (Å²) < 4.78 is 31.7. The lowest BCUT2D eigenvalue weighted by molar-refractivity contribution is -0.386. The quantitative estimate of drug-likeness (QED) is 0.463. The number of aromatic nitrogens is 4. The molecular formula is C18H18F2N6O4. The number of aryl methyl sites for hydroxylation is 2. The molecule has 0 aliphatic rings. The van der Waals surface area contributed by atoms with E-state index in [2.05, 4.69) is 20.3 Å². The summed E-state index contributed by atoms with van der Waals surface area (Å²) >= 11 is 0. The van der Waals surface area contributed by atoms with Crippen molar-refractivity contribution >= 4 is 17.3 Å². The van der Waals surface area contributed by atoms with Gasteiger partial charge >= 0.3 is 12.3 Å². The standard InChI is InChI=1S/C18H18F2N6O4/c1-10-8-13(30-18(19)20)4-5-14(10)21-17(27)15-6-7-24(23-15)9-25-12(3)16(26(28)29)11(2)22-25/h4-8,18H,9H2,1-3H3,(H,21,27). The number of benzene rings is 1. The predicted molar refractivity (Wildman–Crippen MR) is 102 cm³/mol. The predicted octanol–water partition coefficient (Wildman–Crippen LogP) is 3.27. The number of nitrogens with one attached hydrogen (secondary N) is 1. The molecule has 1 amide bonds. The fraction of sp³-hybridized carbons (Fsp3) is 0.278. The second-order valence-electron chi connectivity index (χ2n) is 6.47. The Morgan fingerprint density at radius 3 is 2.60 bits per heavy atom. The number of hydrogen-bond donors (Lipinski definition) is 1. The number of rotatable bonds is 7. The molecule has 0 saturated heterocycles. The highest BCUT2D eigenvalue weighted by molar-refractivity contribution is 6.03. The van der Waals surface area contributed by atoms with Gasteiger partial charge in [-0.25, -0.2) is 4.68 Å². The summed E-state index contributed by atoms with van der Waals surface area (Å²) in [4.78, 5) is 23.1. The van der Waals surface area contributed by atoms with Crippen molar-refractivity contribution in [3.63, 3.8) is 0 Å². The molecular weight excluding hydrogens is 402 g/mol. The molecule has 0 unspecified atom stereocenters. The molecule has 1 N–H and O–H groups in total. The van der Waals surface area contributed by atoms with Crippen LogP contribution in [0.4, 0.5) is 20.2 Å². The largest absolute Gasteiger partial charge is 0.435 e. The SMILES string of the molecule is Cc1cc(OC(F)F)ccc1NC(=O)c1ccn(Cn2nc(C)c([N+](=O)[O-])c2C)n1. The fourth-order valence-electron chi connectivity index (χ4n) is 2.93. The topological polar surface area (TPSA) is 117 Å². The van der Waals surface area contributed by atoms with Crippen molar-refractivity contribution in [1.29, 1.82) is 0 Å². The second-order valence-corrected chi connectivity index (χ2v) is 6.47. The van der Waals surface area contributed by atoms with Gasteiger partial charge < -0.3 is 10.1 Å². The minimum atomic E-state index is -2.93. The molecule has 1 aromatic carbocycles.